The highest BCUT2D eigenvalue weighted by atomic mass is 16.3. The average molecular weight is 247 g/mol. The van der Waals surface area contributed by atoms with Crippen LogP contribution in [0.5, 0.6) is 0 Å². The van der Waals surface area contributed by atoms with Gasteiger partial charge >= 0.3 is 0 Å². The van der Waals surface area contributed by atoms with E-state index in [1.165, 1.54) is 10.8 Å². The molecule has 6 heteroatoms. The highest BCUT2D eigenvalue weighted by molar-refractivity contribution is 5.79. The standard InChI is InChI=1S/C12H13N3O3/c16-6-5-13-11(17)8-15-10-4-2-1-3-9(10)14-7-12(15)18/h1-4,7,16H,5-6,8H2,(H,13,17). The van der Waals surface area contributed by atoms with Crippen molar-refractivity contribution in [2.45, 2.75) is 6.54 Å². The molecule has 0 saturated heterocycles. The van der Waals surface area contributed by atoms with Crippen LogP contribution in [0.2, 0.25) is 0 Å². The summed E-state index contributed by atoms with van der Waals surface area (Å²) in [7, 11) is 0. The maximum atomic E-state index is 11.7. The molecule has 2 N–H and O–H groups in total. The molecule has 0 aliphatic rings. The number of benzene rings is 1. The lowest BCUT2D eigenvalue weighted by Gasteiger charge is -2.09. The summed E-state index contributed by atoms with van der Waals surface area (Å²) in [5.74, 6) is -0.317. The van der Waals surface area contributed by atoms with Gasteiger partial charge in [0, 0.05) is 6.54 Å². The summed E-state index contributed by atoms with van der Waals surface area (Å²) in [6.45, 7) is -0.0315. The molecule has 2 rings (SSSR count). The molecule has 0 saturated carbocycles. The van der Waals surface area contributed by atoms with E-state index in [1.807, 2.05) is 6.07 Å². The normalized spacial score (nSPS) is 10.5. The minimum Gasteiger partial charge on any atom is -0.395 e. The van der Waals surface area contributed by atoms with Gasteiger partial charge in [-0.1, -0.05) is 12.1 Å². The summed E-state index contributed by atoms with van der Waals surface area (Å²) < 4.78 is 1.36. The third-order valence-corrected chi connectivity index (χ3v) is 2.49. The Balaban J connectivity index is 2.35. The second kappa shape index (κ2) is 5.42. The van der Waals surface area contributed by atoms with E-state index in [9.17, 15) is 9.59 Å². The number of rotatable bonds is 4. The zero-order chi connectivity index (χ0) is 13.0. The first-order valence-corrected chi connectivity index (χ1v) is 5.54. The average Bonchev–Trinajstić information content (AvgIpc) is 2.40. The molecule has 0 fully saturated rings. The fourth-order valence-corrected chi connectivity index (χ4v) is 1.67. The Hall–Kier alpha value is -2.21. The second-order valence-corrected chi connectivity index (χ2v) is 3.74. The number of nitrogens with zero attached hydrogens (tertiary/aromatic N) is 2. The van der Waals surface area contributed by atoms with Crippen molar-refractivity contribution >= 4 is 16.9 Å². The molecule has 1 aromatic heterocycles. The Kier molecular flexibility index (Phi) is 3.69. The molecular formula is C12H13N3O3. The Morgan fingerprint density at radius 3 is 2.94 bits per heavy atom. The van der Waals surface area contributed by atoms with Crippen LogP contribution in [0.3, 0.4) is 0 Å². The molecule has 94 valence electrons. The minimum absolute atomic E-state index is 0.0815. The zero-order valence-electron chi connectivity index (χ0n) is 9.67. The largest absolute Gasteiger partial charge is 0.395 e. The number of nitrogens with one attached hydrogen (secondary N) is 1. The lowest BCUT2D eigenvalue weighted by molar-refractivity contribution is -0.121. The number of aliphatic hydroxyl groups excluding tert-OH is 1. The summed E-state index contributed by atoms with van der Waals surface area (Å²) >= 11 is 0. The topological polar surface area (TPSA) is 84.2 Å². The molecule has 0 aliphatic carbocycles. The third-order valence-electron chi connectivity index (χ3n) is 2.49. The van der Waals surface area contributed by atoms with Crippen LogP contribution in [0.15, 0.2) is 35.3 Å². The fourth-order valence-electron chi connectivity index (χ4n) is 1.67. The maximum Gasteiger partial charge on any atom is 0.269 e. The molecule has 0 radical (unpaired) electrons. The SMILES string of the molecule is O=C(Cn1c(=O)cnc2ccccc21)NCCO. The number of para-hydroxylation sites is 2. The van der Waals surface area contributed by atoms with E-state index in [4.69, 9.17) is 5.11 Å². The summed E-state index contributed by atoms with van der Waals surface area (Å²) in [5, 5.41) is 11.1. The van der Waals surface area contributed by atoms with Gasteiger partial charge in [0.15, 0.2) is 0 Å². The summed E-state index contributed by atoms with van der Waals surface area (Å²) in [4.78, 5) is 27.3. The van der Waals surface area contributed by atoms with E-state index < -0.39 is 0 Å². The Labute approximate surface area is 103 Å². The van der Waals surface area contributed by atoms with Crippen LogP contribution < -0.4 is 10.9 Å². The quantitative estimate of drug-likeness (QED) is 0.763. The van der Waals surface area contributed by atoms with Crippen molar-refractivity contribution in [1.82, 2.24) is 14.9 Å². The molecule has 0 unspecified atom stereocenters. The number of aromatic nitrogens is 2. The van der Waals surface area contributed by atoms with Gasteiger partial charge in [-0.05, 0) is 12.1 Å². The number of fused-ring (bicyclic) bond motifs is 1. The Morgan fingerprint density at radius 1 is 1.39 bits per heavy atom. The van der Waals surface area contributed by atoms with E-state index in [0.717, 1.165) is 0 Å². The van der Waals surface area contributed by atoms with Gasteiger partial charge in [0.1, 0.15) is 6.54 Å². The van der Waals surface area contributed by atoms with Gasteiger partial charge in [-0.3, -0.25) is 14.2 Å². The van der Waals surface area contributed by atoms with E-state index in [0.29, 0.717) is 11.0 Å². The molecule has 1 heterocycles. The molecule has 0 bridgehead atoms. The molecule has 18 heavy (non-hydrogen) atoms. The van der Waals surface area contributed by atoms with Gasteiger partial charge < -0.3 is 10.4 Å². The second-order valence-electron chi connectivity index (χ2n) is 3.74. The van der Waals surface area contributed by atoms with Crippen molar-refractivity contribution in [3.63, 3.8) is 0 Å². The molecule has 1 aromatic carbocycles. The lowest BCUT2D eigenvalue weighted by atomic mass is 10.3. The van der Waals surface area contributed by atoms with Crippen LogP contribution in [0.4, 0.5) is 0 Å². The zero-order valence-corrected chi connectivity index (χ0v) is 9.67. The number of hydrogen-bond donors (Lipinski definition) is 2. The van der Waals surface area contributed by atoms with Gasteiger partial charge in [-0.2, -0.15) is 0 Å². The van der Waals surface area contributed by atoms with E-state index in [-0.39, 0.29) is 31.2 Å². The molecule has 0 atom stereocenters. The molecule has 2 aromatic rings. The number of hydrogen-bond acceptors (Lipinski definition) is 4. The van der Waals surface area contributed by atoms with Crippen molar-refractivity contribution in [2.75, 3.05) is 13.2 Å². The summed E-state index contributed by atoms with van der Waals surface area (Å²) in [5.41, 5.74) is 0.948. The number of carbonyl (C=O) groups is 1. The highest BCUT2D eigenvalue weighted by Crippen LogP contribution is 2.07. The van der Waals surface area contributed by atoms with Crippen LogP contribution in [-0.4, -0.2) is 33.7 Å². The van der Waals surface area contributed by atoms with Crippen molar-refractivity contribution < 1.29 is 9.90 Å². The van der Waals surface area contributed by atoms with Crippen molar-refractivity contribution in [3.8, 4) is 0 Å². The van der Waals surface area contributed by atoms with Crippen molar-refractivity contribution in [3.05, 3.63) is 40.8 Å². The lowest BCUT2D eigenvalue weighted by Crippen LogP contribution is -2.33. The molecule has 1 amide bonds. The van der Waals surface area contributed by atoms with Crippen LogP contribution in [0.25, 0.3) is 11.0 Å². The first kappa shape index (κ1) is 12.3. The van der Waals surface area contributed by atoms with Gasteiger partial charge in [0.05, 0.1) is 23.8 Å². The van der Waals surface area contributed by atoms with E-state index in [2.05, 4.69) is 10.3 Å². The summed E-state index contributed by atoms with van der Waals surface area (Å²) in [6.07, 6.45) is 1.20. The van der Waals surface area contributed by atoms with Crippen LogP contribution in [0.1, 0.15) is 0 Å². The Morgan fingerprint density at radius 2 is 2.17 bits per heavy atom. The number of carbonyl (C=O) groups excluding carboxylic acids is 1. The molecule has 0 spiro atoms. The monoisotopic (exact) mass is 247 g/mol. The first-order valence-electron chi connectivity index (χ1n) is 5.54. The molecular weight excluding hydrogens is 234 g/mol. The summed E-state index contributed by atoms with van der Waals surface area (Å²) in [6, 6.07) is 7.11. The smallest absolute Gasteiger partial charge is 0.269 e. The van der Waals surface area contributed by atoms with Gasteiger partial charge in [0.25, 0.3) is 5.56 Å². The predicted octanol–water partition coefficient (Wildman–Crippen LogP) is -0.495. The molecule has 6 nitrogen and oxygen atoms in total. The van der Waals surface area contributed by atoms with E-state index in [1.54, 1.807) is 18.2 Å². The van der Waals surface area contributed by atoms with Crippen LogP contribution >= 0.6 is 0 Å². The van der Waals surface area contributed by atoms with Crippen molar-refractivity contribution in [2.24, 2.45) is 0 Å². The van der Waals surface area contributed by atoms with Gasteiger partial charge in [-0.25, -0.2) is 4.98 Å². The minimum atomic E-state index is -0.326. The fraction of sp³-hybridized carbons (Fsp3) is 0.250. The van der Waals surface area contributed by atoms with Gasteiger partial charge in [0.2, 0.25) is 5.91 Å². The maximum absolute atomic E-state index is 11.7. The van der Waals surface area contributed by atoms with Crippen LogP contribution in [0, 0.1) is 0 Å². The van der Waals surface area contributed by atoms with Crippen molar-refractivity contribution in [1.29, 1.82) is 0 Å². The highest BCUT2D eigenvalue weighted by Gasteiger charge is 2.07. The number of aliphatic hydroxyl groups is 1. The predicted molar refractivity (Wildman–Crippen MR) is 66.1 cm³/mol. The van der Waals surface area contributed by atoms with E-state index >= 15 is 0 Å². The number of amides is 1. The third kappa shape index (κ3) is 2.54. The first-order chi connectivity index (χ1) is 8.72. The molecule has 0 aliphatic heterocycles. The Bertz CT molecular complexity index is 621. The van der Waals surface area contributed by atoms with Crippen LogP contribution in [-0.2, 0) is 11.3 Å². The van der Waals surface area contributed by atoms with Gasteiger partial charge in [-0.15, -0.1) is 0 Å².